The lowest BCUT2D eigenvalue weighted by atomic mass is 9.49. The summed E-state index contributed by atoms with van der Waals surface area (Å²) in [6, 6.07) is 13.8. The van der Waals surface area contributed by atoms with Crippen molar-refractivity contribution < 1.29 is 0 Å². The third kappa shape index (κ3) is 1.96. The fourth-order valence-corrected chi connectivity index (χ4v) is 2.97. The molecule has 3 rings (SSSR count). The van der Waals surface area contributed by atoms with Gasteiger partial charge < -0.3 is 4.57 Å². The molecule has 0 amide bonds. The zero-order chi connectivity index (χ0) is 14.4. The van der Waals surface area contributed by atoms with Gasteiger partial charge in [0.15, 0.2) is 13.4 Å². The summed E-state index contributed by atoms with van der Waals surface area (Å²) in [5.41, 5.74) is 5.48. The smallest absolute Gasteiger partial charge is 0.169 e. The summed E-state index contributed by atoms with van der Waals surface area (Å²) in [5.74, 6) is 0. The average Bonchev–Trinajstić information content (AvgIpc) is 2.71. The second-order valence-corrected chi connectivity index (χ2v) is 6.42. The Labute approximate surface area is 122 Å². The summed E-state index contributed by atoms with van der Waals surface area (Å²) in [4.78, 5) is 0. The molecular weight excluding hydrogens is 240 g/mol. The van der Waals surface area contributed by atoms with Crippen molar-refractivity contribution in [2.75, 3.05) is 0 Å². The Kier molecular flexibility index (Phi) is 3.16. The Morgan fingerprint density at radius 3 is 1.45 bits per heavy atom. The summed E-state index contributed by atoms with van der Waals surface area (Å²) >= 11 is 0. The lowest BCUT2D eigenvalue weighted by Gasteiger charge is -2.04. The molecule has 0 radical (unpaired) electrons. The molecule has 0 unspecified atom stereocenters. The van der Waals surface area contributed by atoms with Gasteiger partial charge in [0, 0.05) is 28.9 Å². The summed E-state index contributed by atoms with van der Waals surface area (Å²) in [5, 5.41) is 2.77. The van der Waals surface area contributed by atoms with Crippen molar-refractivity contribution in [3.8, 4) is 0 Å². The molecular formula is C17H21B2N. The topological polar surface area (TPSA) is 4.93 Å². The van der Waals surface area contributed by atoms with Crippen molar-refractivity contribution in [2.45, 2.75) is 27.3 Å². The van der Waals surface area contributed by atoms with Crippen molar-refractivity contribution in [3.05, 3.63) is 36.4 Å². The monoisotopic (exact) mass is 261 g/mol. The Bertz CT molecular complexity index is 719. The lowest BCUT2D eigenvalue weighted by Crippen LogP contribution is -2.22. The maximum Gasteiger partial charge on any atom is 0.169 e. The maximum absolute atomic E-state index is 2.37. The molecule has 0 aliphatic carbocycles. The molecule has 0 atom stereocenters. The fourth-order valence-electron chi connectivity index (χ4n) is 2.97. The number of hydrogen-bond donors (Lipinski definition) is 0. The quantitative estimate of drug-likeness (QED) is 0.624. The van der Waals surface area contributed by atoms with Crippen LogP contribution in [0.1, 0.15) is 0 Å². The van der Waals surface area contributed by atoms with Crippen LogP contribution in [0.25, 0.3) is 21.8 Å². The highest BCUT2D eigenvalue weighted by molar-refractivity contribution is 6.71. The highest BCUT2D eigenvalue weighted by Gasteiger charge is 2.12. The van der Waals surface area contributed by atoms with E-state index in [1.165, 1.54) is 32.7 Å². The predicted octanol–water partition coefficient (Wildman–Crippen LogP) is 3.25. The van der Waals surface area contributed by atoms with Gasteiger partial charge >= 0.3 is 0 Å². The van der Waals surface area contributed by atoms with Gasteiger partial charge in [-0.25, -0.2) is 0 Å². The molecule has 3 heteroatoms. The van der Waals surface area contributed by atoms with E-state index < -0.39 is 0 Å². The molecule has 1 nitrogen and oxygen atoms in total. The summed E-state index contributed by atoms with van der Waals surface area (Å²) in [6.07, 6.45) is 0. The van der Waals surface area contributed by atoms with Crippen LogP contribution in [0.5, 0.6) is 0 Å². The van der Waals surface area contributed by atoms with Crippen molar-refractivity contribution >= 4 is 46.2 Å². The van der Waals surface area contributed by atoms with Crippen molar-refractivity contribution in [1.29, 1.82) is 0 Å². The minimum atomic E-state index is 0.572. The van der Waals surface area contributed by atoms with E-state index in [-0.39, 0.29) is 0 Å². The first-order chi connectivity index (χ1) is 9.49. The standard InChI is InChI=1S/C17H21B2N/c1-18(2)12-6-8-16-14(10-12)15-11-13(19(3)4)7-9-17(15)20(16)5/h6-11H,1-5H3. The Balaban J connectivity index is 2.38. The Hall–Kier alpha value is -1.63. The molecule has 0 spiro atoms. The minimum absolute atomic E-state index is 0.572. The first-order valence-electron chi connectivity index (χ1n) is 7.51. The molecule has 1 aromatic heterocycles. The fraction of sp³-hybridized carbons (Fsp3) is 0.294. The zero-order valence-electron chi connectivity index (χ0n) is 13.1. The molecule has 0 aliphatic heterocycles. The molecule has 0 aliphatic rings. The number of aryl methyl sites for hydroxylation is 1. The van der Waals surface area contributed by atoms with Gasteiger partial charge in [-0.2, -0.15) is 0 Å². The second kappa shape index (κ2) is 4.73. The highest BCUT2D eigenvalue weighted by Crippen LogP contribution is 2.26. The van der Waals surface area contributed by atoms with Gasteiger partial charge in [-0.1, -0.05) is 62.5 Å². The first kappa shape index (κ1) is 13.4. The van der Waals surface area contributed by atoms with Crippen LogP contribution in [0, 0.1) is 0 Å². The molecule has 0 fully saturated rings. The van der Waals surface area contributed by atoms with Gasteiger partial charge in [0.25, 0.3) is 0 Å². The van der Waals surface area contributed by atoms with Crippen LogP contribution in [0.3, 0.4) is 0 Å². The van der Waals surface area contributed by atoms with Crippen molar-refractivity contribution in [3.63, 3.8) is 0 Å². The lowest BCUT2D eigenvalue weighted by molar-refractivity contribution is 1.01. The molecule has 100 valence electrons. The first-order valence-corrected chi connectivity index (χ1v) is 7.51. The zero-order valence-corrected chi connectivity index (χ0v) is 13.1. The van der Waals surface area contributed by atoms with Crippen molar-refractivity contribution in [1.82, 2.24) is 4.57 Å². The number of hydrogen-bond acceptors (Lipinski definition) is 0. The van der Waals surface area contributed by atoms with Gasteiger partial charge in [0.05, 0.1) is 0 Å². The highest BCUT2D eigenvalue weighted by atomic mass is 14.9. The second-order valence-electron chi connectivity index (χ2n) is 6.42. The molecule has 1 heterocycles. The van der Waals surface area contributed by atoms with E-state index in [4.69, 9.17) is 0 Å². The van der Waals surface area contributed by atoms with Crippen molar-refractivity contribution in [2.24, 2.45) is 7.05 Å². The largest absolute Gasteiger partial charge is 0.344 e. The van der Waals surface area contributed by atoms with E-state index in [0.717, 1.165) is 0 Å². The van der Waals surface area contributed by atoms with Crippen LogP contribution >= 0.6 is 0 Å². The van der Waals surface area contributed by atoms with E-state index in [1.54, 1.807) is 0 Å². The summed E-state index contributed by atoms with van der Waals surface area (Å²) < 4.78 is 2.30. The van der Waals surface area contributed by atoms with Gasteiger partial charge in [-0.15, -0.1) is 0 Å². The molecule has 0 saturated heterocycles. The van der Waals surface area contributed by atoms with Crippen LogP contribution in [0.4, 0.5) is 0 Å². The SMILES string of the molecule is CB(C)c1ccc2c(c1)c1cc(B(C)C)ccc1n2C. The molecule has 0 bridgehead atoms. The minimum Gasteiger partial charge on any atom is -0.344 e. The van der Waals surface area contributed by atoms with E-state index in [2.05, 4.69) is 75.3 Å². The van der Waals surface area contributed by atoms with Crippen LogP contribution < -0.4 is 10.9 Å². The van der Waals surface area contributed by atoms with E-state index in [1.807, 2.05) is 0 Å². The summed E-state index contributed by atoms with van der Waals surface area (Å²) in [7, 11) is 2.16. The van der Waals surface area contributed by atoms with E-state index >= 15 is 0 Å². The summed E-state index contributed by atoms with van der Waals surface area (Å²) in [6.45, 7) is 10.2. The van der Waals surface area contributed by atoms with Gasteiger partial charge in [-0.05, 0) is 12.1 Å². The number of rotatable bonds is 2. The number of aromatic nitrogens is 1. The molecule has 3 aromatic rings. The average molecular weight is 261 g/mol. The Morgan fingerprint density at radius 2 is 1.10 bits per heavy atom. The number of benzene rings is 2. The third-order valence-electron chi connectivity index (χ3n) is 4.39. The van der Waals surface area contributed by atoms with Gasteiger partial charge in [0.2, 0.25) is 0 Å². The molecule has 2 aromatic carbocycles. The van der Waals surface area contributed by atoms with Crippen LogP contribution in [0.15, 0.2) is 36.4 Å². The van der Waals surface area contributed by atoms with Crippen LogP contribution in [-0.2, 0) is 7.05 Å². The van der Waals surface area contributed by atoms with E-state index in [0.29, 0.717) is 13.4 Å². The molecule has 20 heavy (non-hydrogen) atoms. The normalized spacial score (nSPS) is 11.2. The van der Waals surface area contributed by atoms with Crippen LogP contribution in [-0.4, -0.2) is 18.0 Å². The Morgan fingerprint density at radius 1 is 0.700 bits per heavy atom. The third-order valence-corrected chi connectivity index (χ3v) is 4.39. The molecule has 0 N–H and O–H groups in total. The number of nitrogens with zero attached hydrogens (tertiary/aromatic N) is 1. The van der Waals surface area contributed by atoms with Gasteiger partial charge in [-0.3, -0.25) is 0 Å². The molecule has 0 saturated carbocycles. The van der Waals surface area contributed by atoms with Gasteiger partial charge in [0.1, 0.15) is 0 Å². The predicted molar refractivity (Wildman–Crippen MR) is 94.7 cm³/mol. The van der Waals surface area contributed by atoms with E-state index in [9.17, 15) is 0 Å². The van der Waals surface area contributed by atoms with Crippen LogP contribution in [0.2, 0.25) is 27.3 Å². The number of fused-ring (bicyclic) bond motifs is 3. The maximum atomic E-state index is 2.37.